The molecule has 26 heavy (non-hydrogen) atoms. The summed E-state index contributed by atoms with van der Waals surface area (Å²) in [5.74, 6) is 1.02. The minimum atomic E-state index is -0.326. The van der Waals surface area contributed by atoms with E-state index in [4.69, 9.17) is 9.47 Å². The monoisotopic (exact) mass is 348 g/mol. The molecule has 0 saturated carbocycles. The van der Waals surface area contributed by atoms with Gasteiger partial charge in [-0.25, -0.2) is 0 Å². The molecule has 0 saturated heterocycles. The second-order valence-corrected chi connectivity index (χ2v) is 5.82. The zero-order chi connectivity index (χ0) is 17.9. The summed E-state index contributed by atoms with van der Waals surface area (Å²) in [6.45, 7) is 1.02. The molecule has 6 nitrogen and oxygen atoms in total. The van der Waals surface area contributed by atoms with Gasteiger partial charge < -0.3 is 19.9 Å². The van der Waals surface area contributed by atoms with Gasteiger partial charge in [0.2, 0.25) is 0 Å². The van der Waals surface area contributed by atoms with Crippen LogP contribution in [0.5, 0.6) is 17.2 Å². The van der Waals surface area contributed by atoms with Crippen molar-refractivity contribution < 1.29 is 19.4 Å². The second-order valence-electron chi connectivity index (χ2n) is 5.82. The van der Waals surface area contributed by atoms with Gasteiger partial charge in [-0.1, -0.05) is 6.07 Å². The summed E-state index contributed by atoms with van der Waals surface area (Å²) in [5.41, 5.74) is 2.46. The maximum atomic E-state index is 12.5. The van der Waals surface area contributed by atoms with Crippen molar-refractivity contribution >= 4 is 11.6 Å². The summed E-state index contributed by atoms with van der Waals surface area (Å²) in [5, 5.41) is 12.8. The lowest BCUT2D eigenvalue weighted by molar-refractivity contribution is 0.102. The summed E-state index contributed by atoms with van der Waals surface area (Å²) >= 11 is 0. The molecule has 130 valence electrons. The molecule has 3 aromatic rings. The molecule has 1 aromatic heterocycles. The Morgan fingerprint density at radius 2 is 1.85 bits per heavy atom. The van der Waals surface area contributed by atoms with Gasteiger partial charge in [0.05, 0.1) is 11.9 Å². The van der Waals surface area contributed by atoms with E-state index >= 15 is 0 Å². The number of carbonyl (C=O) groups excluding carboxylic acids is 1. The third kappa shape index (κ3) is 3.30. The zero-order valence-electron chi connectivity index (χ0n) is 13.8. The standard InChI is InChI=1S/C20H16N2O4/c23-17-9-14(13-3-4-18-19(11-13)26-7-6-25-18)8-15(10-17)20(24)22-16-2-1-5-21-12-16/h1-5,8-12,23H,6-7H2,(H,22,24). The minimum absolute atomic E-state index is 0.00808. The van der Waals surface area contributed by atoms with Gasteiger partial charge in [-0.05, 0) is 53.6 Å². The Morgan fingerprint density at radius 3 is 2.65 bits per heavy atom. The minimum Gasteiger partial charge on any atom is -0.508 e. The molecule has 2 N–H and O–H groups in total. The molecule has 2 heterocycles. The van der Waals surface area contributed by atoms with Gasteiger partial charge in [-0.15, -0.1) is 0 Å². The smallest absolute Gasteiger partial charge is 0.255 e. The number of anilines is 1. The number of benzene rings is 2. The van der Waals surface area contributed by atoms with Crippen LogP contribution in [0.15, 0.2) is 60.9 Å². The van der Waals surface area contributed by atoms with E-state index in [0.717, 1.165) is 5.56 Å². The molecular weight excluding hydrogens is 332 g/mol. The van der Waals surface area contributed by atoms with E-state index in [9.17, 15) is 9.90 Å². The summed E-state index contributed by atoms with van der Waals surface area (Å²) in [4.78, 5) is 16.5. The molecule has 6 heteroatoms. The number of aromatic nitrogens is 1. The van der Waals surface area contributed by atoms with Crippen molar-refractivity contribution in [3.05, 3.63) is 66.5 Å². The van der Waals surface area contributed by atoms with Crippen molar-refractivity contribution in [3.63, 3.8) is 0 Å². The maximum Gasteiger partial charge on any atom is 0.255 e. The van der Waals surface area contributed by atoms with Crippen LogP contribution in [-0.4, -0.2) is 29.2 Å². The molecule has 1 aliphatic heterocycles. The zero-order valence-corrected chi connectivity index (χ0v) is 13.8. The molecule has 4 rings (SSSR count). The van der Waals surface area contributed by atoms with Crippen molar-refractivity contribution in [1.82, 2.24) is 4.98 Å². The second kappa shape index (κ2) is 6.76. The highest BCUT2D eigenvalue weighted by atomic mass is 16.6. The van der Waals surface area contributed by atoms with Crippen molar-refractivity contribution in [2.45, 2.75) is 0 Å². The normalized spacial score (nSPS) is 12.5. The van der Waals surface area contributed by atoms with Crippen LogP contribution in [0.3, 0.4) is 0 Å². The number of amides is 1. The van der Waals surface area contributed by atoms with Crippen LogP contribution in [0.2, 0.25) is 0 Å². The van der Waals surface area contributed by atoms with Gasteiger partial charge >= 0.3 is 0 Å². The summed E-state index contributed by atoms with van der Waals surface area (Å²) in [6, 6.07) is 13.8. The van der Waals surface area contributed by atoms with Crippen molar-refractivity contribution in [3.8, 4) is 28.4 Å². The lowest BCUT2D eigenvalue weighted by atomic mass is 10.0. The average Bonchev–Trinajstić information content (AvgIpc) is 2.68. The van der Waals surface area contributed by atoms with E-state index < -0.39 is 0 Å². The van der Waals surface area contributed by atoms with Gasteiger partial charge in [0.15, 0.2) is 11.5 Å². The highest BCUT2D eigenvalue weighted by Crippen LogP contribution is 2.35. The fourth-order valence-electron chi connectivity index (χ4n) is 2.77. The van der Waals surface area contributed by atoms with Crippen LogP contribution in [0.4, 0.5) is 5.69 Å². The summed E-state index contributed by atoms with van der Waals surface area (Å²) in [7, 11) is 0. The number of hydrogen-bond acceptors (Lipinski definition) is 5. The third-order valence-electron chi connectivity index (χ3n) is 3.97. The lowest BCUT2D eigenvalue weighted by Crippen LogP contribution is -2.15. The number of aromatic hydroxyl groups is 1. The lowest BCUT2D eigenvalue weighted by Gasteiger charge is -2.19. The number of nitrogens with zero attached hydrogens (tertiary/aromatic N) is 1. The van der Waals surface area contributed by atoms with Gasteiger partial charge in [-0.3, -0.25) is 9.78 Å². The van der Waals surface area contributed by atoms with E-state index in [1.54, 1.807) is 36.7 Å². The molecule has 0 spiro atoms. The predicted octanol–water partition coefficient (Wildman–Crippen LogP) is 3.48. The number of carbonyl (C=O) groups is 1. The molecule has 0 bridgehead atoms. The number of hydrogen-bond donors (Lipinski definition) is 2. The van der Waals surface area contributed by atoms with E-state index in [-0.39, 0.29) is 11.7 Å². The number of fused-ring (bicyclic) bond motifs is 1. The first-order chi connectivity index (χ1) is 12.7. The Hall–Kier alpha value is -3.54. The molecule has 0 fully saturated rings. The van der Waals surface area contributed by atoms with Gasteiger partial charge in [0.1, 0.15) is 19.0 Å². The van der Waals surface area contributed by atoms with Crippen LogP contribution in [0.1, 0.15) is 10.4 Å². The Labute approximate surface area is 150 Å². The molecule has 0 radical (unpaired) electrons. The highest BCUT2D eigenvalue weighted by Gasteiger charge is 2.14. The number of pyridine rings is 1. The van der Waals surface area contributed by atoms with Crippen LogP contribution in [-0.2, 0) is 0 Å². The van der Waals surface area contributed by atoms with Crippen molar-refractivity contribution in [2.24, 2.45) is 0 Å². The quantitative estimate of drug-likeness (QED) is 0.757. The Kier molecular flexibility index (Phi) is 4.15. The molecule has 1 aliphatic rings. The van der Waals surface area contributed by atoms with Crippen LogP contribution in [0, 0.1) is 0 Å². The number of phenolic OH excluding ortho intramolecular Hbond substituents is 1. The first-order valence-electron chi connectivity index (χ1n) is 8.14. The van der Waals surface area contributed by atoms with Crippen molar-refractivity contribution in [2.75, 3.05) is 18.5 Å². The number of rotatable bonds is 3. The van der Waals surface area contributed by atoms with Gasteiger partial charge in [0, 0.05) is 11.8 Å². The topological polar surface area (TPSA) is 80.7 Å². The Balaban J connectivity index is 1.65. The number of nitrogens with one attached hydrogen (secondary N) is 1. The Morgan fingerprint density at radius 1 is 1.00 bits per heavy atom. The first-order valence-corrected chi connectivity index (χ1v) is 8.14. The van der Waals surface area contributed by atoms with Gasteiger partial charge in [0.25, 0.3) is 5.91 Å². The molecule has 0 unspecified atom stereocenters. The maximum absolute atomic E-state index is 12.5. The van der Waals surface area contributed by atoms with Crippen LogP contribution in [0.25, 0.3) is 11.1 Å². The fourth-order valence-corrected chi connectivity index (χ4v) is 2.77. The van der Waals surface area contributed by atoms with E-state index in [1.165, 1.54) is 6.07 Å². The van der Waals surface area contributed by atoms with E-state index in [2.05, 4.69) is 10.3 Å². The number of phenols is 1. The summed E-state index contributed by atoms with van der Waals surface area (Å²) in [6.07, 6.45) is 3.19. The highest BCUT2D eigenvalue weighted by molar-refractivity contribution is 6.05. The summed E-state index contributed by atoms with van der Waals surface area (Å²) < 4.78 is 11.1. The van der Waals surface area contributed by atoms with E-state index in [1.807, 2.05) is 18.2 Å². The van der Waals surface area contributed by atoms with Gasteiger partial charge in [-0.2, -0.15) is 0 Å². The molecule has 2 aromatic carbocycles. The van der Waals surface area contributed by atoms with Crippen molar-refractivity contribution in [1.29, 1.82) is 0 Å². The Bertz CT molecular complexity index is 957. The van der Waals surface area contributed by atoms with Crippen LogP contribution >= 0.6 is 0 Å². The molecule has 0 atom stereocenters. The third-order valence-corrected chi connectivity index (χ3v) is 3.97. The predicted molar refractivity (Wildman–Crippen MR) is 96.7 cm³/mol. The molecule has 0 aliphatic carbocycles. The largest absolute Gasteiger partial charge is 0.508 e. The number of ether oxygens (including phenoxy) is 2. The molecule has 1 amide bonds. The fraction of sp³-hybridized carbons (Fsp3) is 0.100. The van der Waals surface area contributed by atoms with Crippen LogP contribution < -0.4 is 14.8 Å². The first kappa shape index (κ1) is 16.0. The SMILES string of the molecule is O=C(Nc1cccnc1)c1cc(O)cc(-c2ccc3c(c2)OCCO3)c1. The van der Waals surface area contributed by atoms with E-state index in [0.29, 0.717) is 41.5 Å². The molecular formula is C20H16N2O4. The average molecular weight is 348 g/mol.